The molecule has 0 aromatic carbocycles. The van der Waals surface area contributed by atoms with Crippen molar-refractivity contribution in [3.05, 3.63) is 0 Å². The van der Waals surface area contributed by atoms with Crippen LogP contribution in [0.3, 0.4) is 0 Å². The lowest BCUT2D eigenvalue weighted by atomic mass is 10.0. The molecule has 2 heterocycles. The third-order valence-corrected chi connectivity index (χ3v) is 4.03. The fourth-order valence-corrected chi connectivity index (χ4v) is 3.03. The number of piperazine rings is 1. The molecule has 5 heteroatoms. The first-order valence-electron chi connectivity index (χ1n) is 7.80. The van der Waals surface area contributed by atoms with E-state index >= 15 is 0 Å². The molecule has 0 spiro atoms. The zero-order chi connectivity index (χ0) is 14.8. The molecule has 2 fully saturated rings. The summed E-state index contributed by atoms with van der Waals surface area (Å²) in [5.41, 5.74) is -0.401. The predicted molar refractivity (Wildman–Crippen MR) is 79.9 cm³/mol. The van der Waals surface area contributed by atoms with Gasteiger partial charge in [0.15, 0.2) is 0 Å². The molecular weight excluding hydrogens is 254 g/mol. The highest BCUT2D eigenvalue weighted by atomic mass is 16.6. The molecule has 116 valence electrons. The van der Waals surface area contributed by atoms with Gasteiger partial charge >= 0.3 is 6.09 Å². The van der Waals surface area contributed by atoms with Crippen molar-refractivity contribution in [2.24, 2.45) is 0 Å². The van der Waals surface area contributed by atoms with Crippen LogP contribution < -0.4 is 5.32 Å². The van der Waals surface area contributed by atoms with Crippen molar-refractivity contribution in [2.45, 2.75) is 58.2 Å². The summed E-state index contributed by atoms with van der Waals surface area (Å²) >= 11 is 0. The lowest BCUT2D eigenvalue weighted by Gasteiger charge is -2.42. The van der Waals surface area contributed by atoms with Crippen molar-refractivity contribution in [2.75, 3.05) is 32.7 Å². The van der Waals surface area contributed by atoms with Gasteiger partial charge in [-0.15, -0.1) is 0 Å². The Morgan fingerprint density at radius 1 is 1.20 bits per heavy atom. The molecule has 2 saturated heterocycles. The van der Waals surface area contributed by atoms with Crippen LogP contribution in [0.15, 0.2) is 0 Å². The number of carbonyl (C=O) groups is 1. The van der Waals surface area contributed by atoms with E-state index in [1.54, 1.807) is 0 Å². The van der Waals surface area contributed by atoms with Crippen LogP contribution in [0.5, 0.6) is 0 Å². The zero-order valence-electron chi connectivity index (χ0n) is 13.3. The first-order chi connectivity index (χ1) is 9.35. The number of likely N-dealkylation sites (tertiary alicyclic amines) is 1. The average Bonchev–Trinajstić information content (AvgIpc) is 2.37. The Labute approximate surface area is 122 Å². The molecule has 5 nitrogen and oxygen atoms in total. The number of nitrogens with one attached hydrogen (secondary N) is 1. The molecule has 1 atom stereocenters. The maximum atomic E-state index is 12.0. The second-order valence-corrected chi connectivity index (χ2v) is 7.05. The van der Waals surface area contributed by atoms with E-state index in [-0.39, 0.29) is 6.09 Å². The Morgan fingerprint density at radius 3 is 2.40 bits per heavy atom. The fourth-order valence-electron chi connectivity index (χ4n) is 3.03. The molecule has 2 aliphatic rings. The first kappa shape index (κ1) is 15.6. The Morgan fingerprint density at radius 2 is 1.85 bits per heavy atom. The van der Waals surface area contributed by atoms with Gasteiger partial charge < -0.3 is 15.0 Å². The minimum absolute atomic E-state index is 0.162. The van der Waals surface area contributed by atoms with Crippen LogP contribution in [-0.4, -0.2) is 66.3 Å². The van der Waals surface area contributed by atoms with Gasteiger partial charge in [0.2, 0.25) is 0 Å². The second-order valence-electron chi connectivity index (χ2n) is 7.05. The number of carbonyl (C=O) groups excluding carboxylic acids is 1. The number of hydrogen-bond acceptors (Lipinski definition) is 4. The quantitative estimate of drug-likeness (QED) is 0.795. The van der Waals surface area contributed by atoms with E-state index in [9.17, 15) is 4.79 Å². The molecule has 0 aromatic rings. The van der Waals surface area contributed by atoms with E-state index in [4.69, 9.17) is 4.74 Å². The SMILES string of the molecule is C[C@@H]1CN(C2CCN(C(=O)OC(C)(C)C)CC2)CCN1. The Bertz CT molecular complexity index is 333. The van der Waals surface area contributed by atoms with Gasteiger partial charge in [0.25, 0.3) is 0 Å². The summed E-state index contributed by atoms with van der Waals surface area (Å²) < 4.78 is 5.44. The summed E-state index contributed by atoms with van der Waals surface area (Å²) in [5.74, 6) is 0. The molecule has 2 rings (SSSR count). The van der Waals surface area contributed by atoms with Crippen molar-refractivity contribution in [1.82, 2.24) is 15.1 Å². The van der Waals surface area contributed by atoms with Gasteiger partial charge in [-0.25, -0.2) is 4.79 Å². The maximum absolute atomic E-state index is 12.0. The van der Waals surface area contributed by atoms with Gasteiger partial charge in [0.1, 0.15) is 5.60 Å². The number of ether oxygens (including phenoxy) is 1. The number of rotatable bonds is 1. The van der Waals surface area contributed by atoms with Gasteiger partial charge in [0, 0.05) is 44.8 Å². The maximum Gasteiger partial charge on any atom is 0.410 e. The third kappa shape index (κ3) is 4.35. The molecule has 0 aliphatic carbocycles. The zero-order valence-corrected chi connectivity index (χ0v) is 13.3. The molecule has 2 aliphatic heterocycles. The van der Waals surface area contributed by atoms with Crippen LogP contribution in [0.4, 0.5) is 4.79 Å². The average molecular weight is 283 g/mol. The summed E-state index contributed by atoms with van der Waals surface area (Å²) in [6.07, 6.45) is 1.96. The van der Waals surface area contributed by atoms with E-state index < -0.39 is 5.60 Å². The first-order valence-corrected chi connectivity index (χ1v) is 7.80. The molecular formula is C15H29N3O2. The van der Waals surface area contributed by atoms with Crippen LogP contribution in [0.1, 0.15) is 40.5 Å². The van der Waals surface area contributed by atoms with Crippen LogP contribution >= 0.6 is 0 Å². The second kappa shape index (κ2) is 6.31. The molecule has 1 amide bonds. The fraction of sp³-hybridized carbons (Fsp3) is 0.933. The van der Waals surface area contributed by atoms with E-state index in [1.807, 2.05) is 25.7 Å². The van der Waals surface area contributed by atoms with E-state index in [1.165, 1.54) is 0 Å². The molecule has 0 unspecified atom stereocenters. The number of piperidine rings is 1. The third-order valence-electron chi connectivity index (χ3n) is 4.03. The predicted octanol–water partition coefficient (Wildman–Crippen LogP) is 1.68. The lowest BCUT2D eigenvalue weighted by Crippen LogP contribution is -2.55. The summed E-state index contributed by atoms with van der Waals surface area (Å²) in [6, 6.07) is 1.20. The lowest BCUT2D eigenvalue weighted by molar-refractivity contribution is 0.0125. The standard InChI is InChI=1S/C15H29N3O2/c1-12-11-18(10-7-16-12)13-5-8-17(9-6-13)14(19)20-15(2,3)4/h12-13,16H,5-11H2,1-4H3/t12-/m1/s1. The number of amides is 1. The molecule has 0 bridgehead atoms. The Hall–Kier alpha value is -0.810. The van der Waals surface area contributed by atoms with Crippen molar-refractivity contribution in [3.63, 3.8) is 0 Å². The van der Waals surface area contributed by atoms with Gasteiger partial charge in [-0.1, -0.05) is 0 Å². The highest BCUT2D eigenvalue weighted by Gasteiger charge is 2.30. The van der Waals surface area contributed by atoms with Crippen molar-refractivity contribution < 1.29 is 9.53 Å². The van der Waals surface area contributed by atoms with E-state index in [2.05, 4.69) is 17.1 Å². The number of hydrogen-bond donors (Lipinski definition) is 1. The highest BCUT2D eigenvalue weighted by molar-refractivity contribution is 5.68. The summed E-state index contributed by atoms with van der Waals surface area (Å²) in [6.45, 7) is 12.9. The molecule has 0 aromatic heterocycles. The Kier molecular flexibility index (Phi) is 4.91. The van der Waals surface area contributed by atoms with E-state index in [0.717, 1.165) is 45.6 Å². The van der Waals surface area contributed by atoms with Crippen LogP contribution in [0, 0.1) is 0 Å². The molecule has 20 heavy (non-hydrogen) atoms. The molecule has 0 radical (unpaired) electrons. The smallest absolute Gasteiger partial charge is 0.410 e. The highest BCUT2D eigenvalue weighted by Crippen LogP contribution is 2.20. The summed E-state index contributed by atoms with van der Waals surface area (Å²) in [4.78, 5) is 16.5. The Balaban J connectivity index is 1.78. The van der Waals surface area contributed by atoms with Gasteiger partial charge in [-0.2, -0.15) is 0 Å². The van der Waals surface area contributed by atoms with E-state index in [0.29, 0.717) is 12.1 Å². The largest absolute Gasteiger partial charge is 0.444 e. The van der Waals surface area contributed by atoms with Crippen molar-refractivity contribution in [1.29, 1.82) is 0 Å². The van der Waals surface area contributed by atoms with Crippen LogP contribution in [0.25, 0.3) is 0 Å². The monoisotopic (exact) mass is 283 g/mol. The van der Waals surface area contributed by atoms with Gasteiger partial charge in [-0.05, 0) is 40.5 Å². The van der Waals surface area contributed by atoms with Crippen LogP contribution in [0.2, 0.25) is 0 Å². The summed E-state index contributed by atoms with van der Waals surface area (Å²) in [5, 5.41) is 3.48. The molecule has 1 N–H and O–H groups in total. The normalized spacial score (nSPS) is 26.6. The topological polar surface area (TPSA) is 44.8 Å². The van der Waals surface area contributed by atoms with Crippen LogP contribution in [-0.2, 0) is 4.74 Å². The minimum Gasteiger partial charge on any atom is -0.444 e. The van der Waals surface area contributed by atoms with Gasteiger partial charge in [-0.3, -0.25) is 4.90 Å². The molecule has 0 saturated carbocycles. The minimum atomic E-state index is -0.401. The van der Waals surface area contributed by atoms with Crippen molar-refractivity contribution >= 4 is 6.09 Å². The number of nitrogens with zero attached hydrogens (tertiary/aromatic N) is 2. The van der Waals surface area contributed by atoms with Crippen molar-refractivity contribution in [3.8, 4) is 0 Å². The van der Waals surface area contributed by atoms with Gasteiger partial charge in [0.05, 0.1) is 0 Å². The summed E-state index contributed by atoms with van der Waals surface area (Å²) in [7, 11) is 0.